The van der Waals surface area contributed by atoms with Crippen LogP contribution < -0.4 is 0 Å². The second-order valence-corrected chi connectivity index (χ2v) is 15.2. The molecule has 12 rings (SSSR count). The van der Waals surface area contributed by atoms with E-state index < -0.39 is 0 Å². The summed E-state index contributed by atoms with van der Waals surface area (Å²) >= 11 is 0. The van der Waals surface area contributed by atoms with E-state index >= 15 is 0 Å². The first-order valence-electron chi connectivity index (χ1n) is 19.6. The number of rotatable bonds is 4. The molecule has 0 bridgehead atoms. The fraction of sp³-hybridized carbons (Fsp3) is 0.0182. The van der Waals surface area contributed by atoms with E-state index in [4.69, 9.17) is 8.83 Å². The second kappa shape index (κ2) is 12.3. The van der Waals surface area contributed by atoms with Crippen molar-refractivity contribution in [3.8, 4) is 44.5 Å². The molecule has 0 N–H and O–H groups in total. The van der Waals surface area contributed by atoms with Crippen molar-refractivity contribution in [2.75, 3.05) is 0 Å². The third kappa shape index (κ3) is 4.77. The molecule has 2 aromatic heterocycles. The minimum absolute atomic E-state index is 0.874. The average molecular weight is 727 g/mol. The summed E-state index contributed by atoms with van der Waals surface area (Å²) < 4.78 is 13.6. The van der Waals surface area contributed by atoms with Gasteiger partial charge in [0.25, 0.3) is 0 Å². The van der Waals surface area contributed by atoms with Crippen LogP contribution >= 0.6 is 0 Å². The largest absolute Gasteiger partial charge is 0.456 e. The molecular formula is C55H34O2. The molecule has 266 valence electrons. The van der Waals surface area contributed by atoms with Gasteiger partial charge in [0.05, 0.1) is 0 Å². The maximum Gasteiger partial charge on any atom is 0.143 e. The Hall–Kier alpha value is -7.42. The van der Waals surface area contributed by atoms with Crippen LogP contribution in [0.5, 0.6) is 0 Å². The molecule has 0 aliphatic rings. The molecule has 0 amide bonds. The Morgan fingerprint density at radius 1 is 0.316 bits per heavy atom. The minimum atomic E-state index is 0.874. The van der Waals surface area contributed by atoms with E-state index in [0.717, 1.165) is 55.0 Å². The zero-order valence-electron chi connectivity index (χ0n) is 31.2. The first-order chi connectivity index (χ1) is 28.2. The molecule has 57 heavy (non-hydrogen) atoms. The molecule has 0 aliphatic heterocycles. The molecule has 2 nitrogen and oxygen atoms in total. The van der Waals surface area contributed by atoms with Gasteiger partial charge in [0.1, 0.15) is 22.3 Å². The van der Waals surface area contributed by atoms with E-state index in [9.17, 15) is 0 Å². The summed E-state index contributed by atoms with van der Waals surface area (Å²) in [5, 5.41) is 11.6. The van der Waals surface area contributed by atoms with E-state index in [0.29, 0.717) is 0 Å². The van der Waals surface area contributed by atoms with Gasteiger partial charge in [-0.25, -0.2) is 0 Å². The Morgan fingerprint density at radius 2 is 0.737 bits per heavy atom. The van der Waals surface area contributed by atoms with Crippen LogP contribution in [0.2, 0.25) is 0 Å². The molecule has 0 unspecified atom stereocenters. The lowest BCUT2D eigenvalue weighted by atomic mass is 9.83. The van der Waals surface area contributed by atoms with Crippen molar-refractivity contribution >= 4 is 76.2 Å². The van der Waals surface area contributed by atoms with Crippen LogP contribution in [0.1, 0.15) is 5.56 Å². The summed E-state index contributed by atoms with van der Waals surface area (Å²) in [6.45, 7) is 2.16. The number of para-hydroxylation sites is 2. The zero-order chi connectivity index (χ0) is 37.6. The van der Waals surface area contributed by atoms with Crippen molar-refractivity contribution in [2.45, 2.75) is 6.92 Å². The number of benzene rings is 10. The fourth-order valence-corrected chi connectivity index (χ4v) is 9.46. The predicted octanol–water partition coefficient (Wildman–Crippen LogP) is 15.9. The average Bonchev–Trinajstić information content (AvgIpc) is 3.86. The van der Waals surface area contributed by atoms with E-state index in [2.05, 4.69) is 189 Å². The SMILES string of the molecule is Cc1cc2cc(-c3c4ccccc4c(-c4cc(-c5ccccc5)cc(-c5ccccc5)c4)c4ccccc34)c3oc4ccccc4c3c2c2c1oc1ccccc12. The molecule has 0 atom stereocenters. The lowest BCUT2D eigenvalue weighted by Crippen LogP contribution is -1.93. The fourth-order valence-electron chi connectivity index (χ4n) is 9.46. The predicted molar refractivity (Wildman–Crippen MR) is 240 cm³/mol. The van der Waals surface area contributed by atoms with Gasteiger partial charge in [-0.1, -0.05) is 146 Å². The maximum absolute atomic E-state index is 7.03. The lowest BCUT2D eigenvalue weighted by molar-refractivity contribution is 0.666. The van der Waals surface area contributed by atoms with Crippen LogP contribution in [0.4, 0.5) is 0 Å². The Morgan fingerprint density at radius 3 is 1.28 bits per heavy atom. The monoisotopic (exact) mass is 726 g/mol. The van der Waals surface area contributed by atoms with Crippen molar-refractivity contribution in [1.29, 1.82) is 0 Å². The van der Waals surface area contributed by atoms with Crippen LogP contribution in [0, 0.1) is 6.92 Å². The van der Waals surface area contributed by atoms with Gasteiger partial charge in [0.15, 0.2) is 0 Å². The minimum Gasteiger partial charge on any atom is -0.456 e. The Balaban J connectivity index is 1.23. The number of aryl methyl sites for hydroxylation is 1. The Bertz CT molecular complexity index is 3450. The molecule has 0 saturated carbocycles. The summed E-state index contributed by atoms with van der Waals surface area (Å²) in [5.41, 5.74) is 14.1. The molecule has 0 radical (unpaired) electrons. The molecule has 0 saturated heterocycles. The third-order valence-corrected chi connectivity index (χ3v) is 11.9. The number of hydrogen-bond acceptors (Lipinski definition) is 2. The highest BCUT2D eigenvalue weighted by Crippen LogP contribution is 2.51. The van der Waals surface area contributed by atoms with Gasteiger partial charge in [0.2, 0.25) is 0 Å². The van der Waals surface area contributed by atoms with E-state index in [1.165, 1.54) is 71.3 Å². The molecule has 2 heteroatoms. The number of hydrogen-bond donors (Lipinski definition) is 0. The van der Waals surface area contributed by atoms with E-state index in [1.54, 1.807) is 0 Å². The van der Waals surface area contributed by atoms with Gasteiger partial charge < -0.3 is 8.83 Å². The quantitative estimate of drug-likeness (QED) is 0.169. The highest BCUT2D eigenvalue weighted by atomic mass is 16.3. The Labute approximate surface area is 328 Å². The summed E-state index contributed by atoms with van der Waals surface area (Å²) in [6, 6.07) is 67.9. The van der Waals surface area contributed by atoms with Crippen molar-refractivity contribution in [2.24, 2.45) is 0 Å². The van der Waals surface area contributed by atoms with E-state index in [1.807, 2.05) is 6.07 Å². The highest BCUT2D eigenvalue weighted by molar-refractivity contribution is 6.35. The standard InChI is InChI=1S/C55H34O2/c1-33-28-38-32-46(55-53(45-25-13-15-27-48(45)57-55)50(38)52-44-24-12-14-26-47(44)56-54(33)52)51-42-22-10-8-20-40(42)49(41-21-9-11-23-43(41)51)39-30-36(34-16-4-2-5-17-34)29-37(31-39)35-18-6-3-7-19-35/h2-32H,1H3. The van der Waals surface area contributed by atoms with Gasteiger partial charge >= 0.3 is 0 Å². The van der Waals surface area contributed by atoms with Crippen molar-refractivity contribution in [3.63, 3.8) is 0 Å². The highest BCUT2D eigenvalue weighted by Gasteiger charge is 2.25. The van der Waals surface area contributed by atoms with Crippen LogP contribution in [-0.4, -0.2) is 0 Å². The zero-order valence-corrected chi connectivity index (χ0v) is 31.2. The molecular weight excluding hydrogens is 693 g/mol. The van der Waals surface area contributed by atoms with Crippen LogP contribution in [-0.2, 0) is 0 Å². The molecule has 10 aromatic carbocycles. The van der Waals surface area contributed by atoms with Crippen molar-refractivity contribution in [3.05, 3.63) is 194 Å². The van der Waals surface area contributed by atoms with Gasteiger partial charge in [-0.05, 0) is 115 Å². The van der Waals surface area contributed by atoms with Crippen LogP contribution in [0.25, 0.3) is 121 Å². The smallest absolute Gasteiger partial charge is 0.143 e. The molecule has 2 heterocycles. The van der Waals surface area contributed by atoms with Gasteiger partial charge in [-0.3, -0.25) is 0 Å². The first kappa shape index (κ1) is 31.9. The third-order valence-electron chi connectivity index (χ3n) is 11.9. The van der Waals surface area contributed by atoms with Crippen molar-refractivity contribution in [1.82, 2.24) is 0 Å². The molecule has 12 aromatic rings. The second-order valence-electron chi connectivity index (χ2n) is 15.2. The van der Waals surface area contributed by atoms with Crippen LogP contribution in [0.3, 0.4) is 0 Å². The number of furan rings is 2. The normalized spacial score (nSPS) is 11.9. The summed E-state index contributed by atoms with van der Waals surface area (Å²) in [4.78, 5) is 0. The topological polar surface area (TPSA) is 26.3 Å². The molecule has 0 aliphatic carbocycles. The van der Waals surface area contributed by atoms with E-state index in [-0.39, 0.29) is 0 Å². The van der Waals surface area contributed by atoms with Crippen LogP contribution in [0.15, 0.2) is 197 Å². The summed E-state index contributed by atoms with van der Waals surface area (Å²) in [5.74, 6) is 0. The number of fused-ring (bicyclic) bond motifs is 11. The van der Waals surface area contributed by atoms with Gasteiger partial charge in [-0.15, -0.1) is 0 Å². The lowest BCUT2D eigenvalue weighted by Gasteiger charge is -2.20. The summed E-state index contributed by atoms with van der Waals surface area (Å²) in [7, 11) is 0. The van der Waals surface area contributed by atoms with Crippen molar-refractivity contribution < 1.29 is 8.83 Å². The Kier molecular flexibility index (Phi) is 6.88. The van der Waals surface area contributed by atoms with Gasteiger partial charge in [0, 0.05) is 38.1 Å². The summed E-state index contributed by atoms with van der Waals surface area (Å²) in [6.07, 6.45) is 0. The molecule has 0 fully saturated rings. The first-order valence-corrected chi connectivity index (χ1v) is 19.6. The van der Waals surface area contributed by atoms with Gasteiger partial charge in [-0.2, -0.15) is 0 Å². The maximum atomic E-state index is 7.03. The molecule has 0 spiro atoms.